The van der Waals surface area contributed by atoms with Gasteiger partial charge in [-0.15, -0.1) is 0 Å². The normalized spacial score (nSPS) is 17.5. The highest BCUT2D eigenvalue weighted by Crippen LogP contribution is 2.35. The number of aliphatic hydroxyl groups excluding tert-OH is 1. The van der Waals surface area contributed by atoms with Gasteiger partial charge >= 0.3 is 0 Å². The first-order valence-electron chi connectivity index (χ1n) is 8.91. The van der Waals surface area contributed by atoms with Crippen LogP contribution in [0.2, 0.25) is 5.02 Å². The second kappa shape index (κ2) is 7.38. The highest BCUT2D eigenvalue weighted by molar-refractivity contribution is 6.34. The Kier molecular flexibility index (Phi) is 4.95. The van der Waals surface area contributed by atoms with Crippen molar-refractivity contribution >= 4 is 28.3 Å². The molecule has 4 rings (SSSR count). The van der Waals surface area contributed by atoms with E-state index in [0.29, 0.717) is 27.5 Å². The summed E-state index contributed by atoms with van der Waals surface area (Å²) < 4.78 is 14.3. The van der Waals surface area contributed by atoms with Gasteiger partial charge in [-0.3, -0.25) is 0 Å². The van der Waals surface area contributed by atoms with E-state index in [-0.39, 0.29) is 18.5 Å². The van der Waals surface area contributed by atoms with Crippen LogP contribution in [0.25, 0.3) is 22.2 Å². The molecular weight excluding hydrogens is 367 g/mol. The van der Waals surface area contributed by atoms with Gasteiger partial charge in [0, 0.05) is 36.6 Å². The number of rotatable bonds is 3. The van der Waals surface area contributed by atoms with Crippen molar-refractivity contribution in [2.75, 3.05) is 24.5 Å². The number of benzene rings is 1. The molecule has 2 aromatic heterocycles. The van der Waals surface area contributed by atoms with Crippen LogP contribution in [0, 0.1) is 5.82 Å². The van der Waals surface area contributed by atoms with E-state index < -0.39 is 0 Å². The molecule has 1 unspecified atom stereocenters. The smallest absolute Gasteiger partial charge is 0.138 e. The number of anilines is 1. The minimum absolute atomic E-state index is 0.192. The quantitative estimate of drug-likeness (QED) is 0.722. The molecule has 1 atom stereocenters. The first kappa shape index (κ1) is 18.1. The summed E-state index contributed by atoms with van der Waals surface area (Å²) in [5.41, 5.74) is 1.90. The fraction of sp³-hybridized carbons (Fsp3) is 0.300. The molecule has 3 heterocycles. The summed E-state index contributed by atoms with van der Waals surface area (Å²) in [5.74, 6) is 0.374. The summed E-state index contributed by atoms with van der Waals surface area (Å²) in [4.78, 5) is 11.5. The highest BCUT2D eigenvalue weighted by Gasteiger charge is 2.23. The minimum atomic E-state index is -0.376. The molecule has 0 amide bonds. The Balaban J connectivity index is 1.93. The average molecular weight is 387 g/mol. The molecule has 2 N–H and O–H groups in total. The molecular formula is C20H20ClFN4O. The van der Waals surface area contributed by atoms with Crippen molar-refractivity contribution < 1.29 is 9.50 Å². The van der Waals surface area contributed by atoms with E-state index in [1.165, 1.54) is 6.07 Å². The lowest BCUT2D eigenvalue weighted by atomic mass is 10.1. The molecule has 1 aliphatic heterocycles. The first-order valence-corrected chi connectivity index (χ1v) is 9.29. The summed E-state index contributed by atoms with van der Waals surface area (Å²) in [6.45, 7) is 4.42. The summed E-state index contributed by atoms with van der Waals surface area (Å²) >= 11 is 6.49. The number of aromatic nitrogens is 2. The maximum atomic E-state index is 14.3. The van der Waals surface area contributed by atoms with Gasteiger partial charge in [0.1, 0.15) is 11.6 Å². The zero-order valence-electron chi connectivity index (χ0n) is 14.9. The Labute approximate surface area is 161 Å². The molecule has 0 radical (unpaired) electrons. The standard InChI is InChI=1S/C20H20ClFN4O/c1-12-10-23-6-7-26(12)20-15-9-16(21)19(14-4-2-3-5-17(14)22)25-18(15)8-13(11-27)24-20/h2-5,8-9,12,23,27H,6-7,10-11H2,1H3. The van der Waals surface area contributed by atoms with Gasteiger partial charge in [0.15, 0.2) is 0 Å². The average Bonchev–Trinajstić information content (AvgIpc) is 2.68. The molecule has 1 fully saturated rings. The SMILES string of the molecule is CC1CNCCN1c1nc(CO)cc2nc(-c3ccccc3F)c(Cl)cc12. The number of hydrogen-bond acceptors (Lipinski definition) is 5. The molecule has 5 nitrogen and oxygen atoms in total. The zero-order chi connectivity index (χ0) is 19.0. The number of nitrogens with one attached hydrogen (secondary N) is 1. The van der Waals surface area contributed by atoms with Gasteiger partial charge in [0.05, 0.1) is 28.5 Å². The highest BCUT2D eigenvalue weighted by atomic mass is 35.5. The summed E-state index contributed by atoms with van der Waals surface area (Å²) in [5, 5.41) is 14.2. The molecule has 0 spiro atoms. The summed E-state index contributed by atoms with van der Waals surface area (Å²) in [7, 11) is 0. The Morgan fingerprint density at radius 2 is 2.11 bits per heavy atom. The van der Waals surface area contributed by atoms with Crippen LogP contribution in [0.5, 0.6) is 0 Å². The number of piperazine rings is 1. The molecule has 1 aliphatic rings. The molecule has 1 aromatic carbocycles. The Bertz CT molecular complexity index is 997. The van der Waals surface area contributed by atoms with E-state index in [0.717, 1.165) is 30.8 Å². The molecule has 140 valence electrons. The number of pyridine rings is 2. The molecule has 3 aromatic rings. The Morgan fingerprint density at radius 1 is 1.30 bits per heavy atom. The Morgan fingerprint density at radius 3 is 2.85 bits per heavy atom. The first-order chi connectivity index (χ1) is 13.1. The van der Waals surface area contributed by atoms with Gasteiger partial charge in [0.25, 0.3) is 0 Å². The molecule has 1 saturated heterocycles. The van der Waals surface area contributed by atoms with E-state index in [1.807, 2.05) is 0 Å². The van der Waals surface area contributed by atoms with E-state index in [4.69, 9.17) is 11.6 Å². The lowest BCUT2D eigenvalue weighted by Gasteiger charge is -2.35. The fourth-order valence-corrected chi connectivity index (χ4v) is 3.73. The predicted molar refractivity (Wildman–Crippen MR) is 106 cm³/mol. The largest absolute Gasteiger partial charge is 0.390 e. The van der Waals surface area contributed by atoms with Gasteiger partial charge in [-0.25, -0.2) is 14.4 Å². The lowest BCUT2D eigenvalue weighted by molar-refractivity contribution is 0.277. The van der Waals surface area contributed by atoms with Crippen LogP contribution in [-0.4, -0.2) is 40.8 Å². The number of hydrogen-bond donors (Lipinski definition) is 2. The van der Waals surface area contributed by atoms with E-state index in [9.17, 15) is 9.50 Å². The van der Waals surface area contributed by atoms with Crippen molar-refractivity contribution in [2.45, 2.75) is 19.6 Å². The summed E-state index contributed by atoms with van der Waals surface area (Å²) in [6.07, 6.45) is 0. The molecule has 0 bridgehead atoms. The van der Waals surface area contributed by atoms with Crippen LogP contribution in [0.3, 0.4) is 0 Å². The van der Waals surface area contributed by atoms with Crippen molar-refractivity contribution in [3.8, 4) is 11.3 Å². The fourth-order valence-electron chi connectivity index (χ4n) is 3.48. The van der Waals surface area contributed by atoms with Gasteiger partial charge in [-0.05, 0) is 31.2 Å². The lowest BCUT2D eigenvalue weighted by Crippen LogP contribution is -2.50. The van der Waals surface area contributed by atoms with E-state index in [2.05, 4.69) is 27.1 Å². The van der Waals surface area contributed by atoms with Gasteiger partial charge in [-0.2, -0.15) is 0 Å². The molecule has 0 aliphatic carbocycles. The van der Waals surface area contributed by atoms with Crippen LogP contribution in [0.15, 0.2) is 36.4 Å². The van der Waals surface area contributed by atoms with Crippen molar-refractivity contribution in [2.24, 2.45) is 0 Å². The third-order valence-electron chi connectivity index (χ3n) is 4.86. The summed E-state index contributed by atoms with van der Waals surface area (Å²) in [6, 6.07) is 10.2. The predicted octanol–water partition coefficient (Wildman–Crippen LogP) is 3.38. The monoisotopic (exact) mass is 386 g/mol. The maximum Gasteiger partial charge on any atom is 0.138 e. The van der Waals surface area contributed by atoms with Crippen molar-refractivity contribution in [1.29, 1.82) is 0 Å². The van der Waals surface area contributed by atoms with E-state index >= 15 is 0 Å². The van der Waals surface area contributed by atoms with Gasteiger partial charge in [-0.1, -0.05) is 23.7 Å². The van der Waals surface area contributed by atoms with Crippen LogP contribution in [0.4, 0.5) is 10.2 Å². The third kappa shape index (κ3) is 3.36. The van der Waals surface area contributed by atoms with Gasteiger partial charge < -0.3 is 15.3 Å². The topological polar surface area (TPSA) is 61.3 Å². The molecule has 27 heavy (non-hydrogen) atoms. The van der Waals surface area contributed by atoms with Gasteiger partial charge in [0.2, 0.25) is 0 Å². The number of halogens is 2. The van der Waals surface area contributed by atoms with Crippen LogP contribution < -0.4 is 10.2 Å². The third-order valence-corrected chi connectivity index (χ3v) is 5.15. The number of fused-ring (bicyclic) bond motifs is 1. The van der Waals surface area contributed by atoms with E-state index in [1.54, 1.807) is 30.3 Å². The molecule has 7 heteroatoms. The van der Waals surface area contributed by atoms with Crippen molar-refractivity contribution in [1.82, 2.24) is 15.3 Å². The zero-order valence-corrected chi connectivity index (χ0v) is 15.7. The minimum Gasteiger partial charge on any atom is -0.390 e. The van der Waals surface area contributed by atoms with Crippen LogP contribution in [-0.2, 0) is 6.61 Å². The maximum absolute atomic E-state index is 14.3. The second-order valence-electron chi connectivity index (χ2n) is 6.71. The van der Waals surface area contributed by atoms with Crippen LogP contribution >= 0.6 is 11.6 Å². The number of aliphatic hydroxyl groups is 1. The number of nitrogens with zero attached hydrogens (tertiary/aromatic N) is 3. The van der Waals surface area contributed by atoms with Crippen molar-refractivity contribution in [3.63, 3.8) is 0 Å². The second-order valence-corrected chi connectivity index (χ2v) is 7.11. The Hall–Kier alpha value is -2.28. The van der Waals surface area contributed by atoms with Crippen LogP contribution in [0.1, 0.15) is 12.6 Å². The van der Waals surface area contributed by atoms with Crippen molar-refractivity contribution in [3.05, 3.63) is 52.9 Å². The molecule has 0 saturated carbocycles.